The predicted octanol–water partition coefficient (Wildman–Crippen LogP) is 2.68. The molecule has 1 aliphatic rings. The number of amides is 1. The van der Waals surface area contributed by atoms with E-state index in [0.717, 1.165) is 30.8 Å². The quantitative estimate of drug-likeness (QED) is 0.891. The minimum atomic E-state index is -0.00311. The van der Waals surface area contributed by atoms with Crippen LogP contribution in [0.3, 0.4) is 0 Å². The van der Waals surface area contributed by atoms with E-state index >= 15 is 0 Å². The van der Waals surface area contributed by atoms with Gasteiger partial charge in [-0.25, -0.2) is 0 Å². The van der Waals surface area contributed by atoms with E-state index in [-0.39, 0.29) is 23.7 Å². The van der Waals surface area contributed by atoms with Crippen molar-refractivity contribution in [3.63, 3.8) is 0 Å². The number of carbonyl (C=O) groups excluding carboxylic acids is 1. The third kappa shape index (κ3) is 4.85. The average molecular weight is 332 g/mol. The van der Waals surface area contributed by atoms with Crippen LogP contribution in [0.2, 0.25) is 5.02 Å². The Morgan fingerprint density at radius 1 is 1.52 bits per heavy atom. The number of hydrogen-bond acceptors (Lipinski definition) is 3. The lowest BCUT2D eigenvalue weighted by atomic mass is 9.90. The van der Waals surface area contributed by atoms with Crippen LogP contribution >= 0.6 is 24.0 Å². The molecule has 0 aromatic heterocycles. The number of nitrogens with zero attached hydrogens (tertiary/aromatic N) is 1. The first-order valence-electron chi connectivity index (χ1n) is 6.90. The molecular weight excluding hydrogens is 309 g/mol. The molecule has 1 unspecified atom stereocenters. The third-order valence-electron chi connectivity index (χ3n) is 3.97. The topological polar surface area (TPSA) is 58.4 Å². The normalized spacial score (nSPS) is 21.9. The second-order valence-electron chi connectivity index (χ2n) is 5.98. The fourth-order valence-electron chi connectivity index (χ4n) is 2.55. The van der Waals surface area contributed by atoms with E-state index < -0.39 is 0 Å². The molecule has 1 heterocycles. The number of rotatable bonds is 4. The molecule has 0 radical (unpaired) electrons. The lowest BCUT2D eigenvalue weighted by molar-refractivity contribution is -0.117. The zero-order valence-corrected chi connectivity index (χ0v) is 14.1. The van der Waals surface area contributed by atoms with Crippen molar-refractivity contribution in [1.29, 1.82) is 0 Å². The van der Waals surface area contributed by atoms with Crippen molar-refractivity contribution in [2.75, 3.05) is 31.5 Å². The summed E-state index contributed by atoms with van der Waals surface area (Å²) in [7, 11) is 0. The largest absolute Gasteiger partial charge is 0.330 e. The van der Waals surface area contributed by atoms with Crippen LogP contribution < -0.4 is 11.1 Å². The van der Waals surface area contributed by atoms with Crippen molar-refractivity contribution in [3.8, 4) is 0 Å². The number of benzene rings is 1. The average Bonchev–Trinajstić information content (AvgIpc) is 2.76. The van der Waals surface area contributed by atoms with Gasteiger partial charge in [0.15, 0.2) is 0 Å². The number of anilines is 1. The van der Waals surface area contributed by atoms with Crippen molar-refractivity contribution in [2.24, 2.45) is 11.1 Å². The van der Waals surface area contributed by atoms with Crippen molar-refractivity contribution >= 4 is 35.6 Å². The van der Waals surface area contributed by atoms with Gasteiger partial charge in [-0.15, -0.1) is 12.4 Å². The first-order chi connectivity index (χ1) is 9.42. The number of hydrogen-bond donors (Lipinski definition) is 2. The highest BCUT2D eigenvalue weighted by atomic mass is 35.5. The highest BCUT2D eigenvalue weighted by Crippen LogP contribution is 2.28. The molecule has 0 aliphatic carbocycles. The zero-order valence-electron chi connectivity index (χ0n) is 12.5. The summed E-state index contributed by atoms with van der Waals surface area (Å²) >= 11 is 5.95. The van der Waals surface area contributed by atoms with Crippen LogP contribution in [0.1, 0.15) is 18.9 Å². The van der Waals surface area contributed by atoms with Gasteiger partial charge in [0, 0.05) is 17.3 Å². The Kier molecular flexibility index (Phi) is 6.47. The molecule has 1 saturated heterocycles. The summed E-state index contributed by atoms with van der Waals surface area (Å²) in [5, 5.41) is 3.55. The molecule has 4 nitrogen and oxygen atoms in total. The smallest absolute Gasteiger partial charge is 0.238 e. The standard InChI is InChI=1S/C15H22ClN3O.ClH/c1-11-3-4-12(16)7-13(11)18-14(20)8-19-6-5-15(2,9-17)10-19;/h3-4,7H,5-6,8-10,17H2,1-2H3,(H,18,20);1H. The fourth-order valence-corrected chi connectivity index (χ4v) is 2.72. The predicted molar refractivity (Wildman–Crippen MR) is 90.3 cm³/mol. The first kappa shape index (κ1) is 18.2. The van der Waals surface area contributed by atoms with Crippen LogP contribution in [0.4, 0.5) is 5.69 Å². The number of nitrogens with two attached hydrogens (primary N) is 1. The molecule has 21 heavy (non-hydrogen) atoms. The Morgan fingerprint density at radius 3 is 2.86 bits per heavy atom. The fraction of sp³-hybridized carbons (Fsp3) is 0.533. The molecule has 1 aromatic rings. The van der Waals surface area contributed by atoms with Crippen molar-refractivity contribution in [1.82, 2.24) is 4.90 Å². The molecular formula is C15H23Cl2N3O. The molecule has 3 N–H and O–H groups in total. The zero-order chi connectivity index (χ0) is 14.8. The van der Waals surface area contributed by atoms with Gasteiger partial charge >= 0.3 is 0 Å². The summed E-state index contributed by atoms with van der Waals surface area (Å²) in [6.45, 7) is 7.00. The maximum absolute atomic E-state index is 12.1. The second kappa shape index (κ2) is 7.45. The Balaban J connectivity index is 0.00000220. The Morgan fingerprint density at radius 2 is 2.24 bits per heavy atom. The molecule has 1 amide bonds. The van der Waals surface area contributed by atoms with Crippen LogP contribution in [0, 0.1) is 12.3 Å². The lowest BCUT2D eigenvalue weighted by Gasteiger charge is -2.22. The van der Waals surface area contributed by atoms with Crippen LogP contribution in [0.15, 0.2) is 18.2 Å². The van der Waals surface area contributed by atoms with E-state index in [4.69, 9.17) is 17.3 Å². The van der Waals surface area contributed by atoms with Gasteiger partial charge in [0.1, 0.15) is 0 Å². The minimum Gasteiger partial charge on any atom is -0.330 e. The van der Waals surface area contributed by atoms with Crippen molar-refractivity contribution in [3.05, 3.63) is 28.8 Å². The molecule has 0 spiro atoms. The van der Waals surface area contributed by atoms with Gasteiger partial charge in [0.2, 0.25) is 5.91 Å². The van der Waals surface area contributed by atoms with Gasteiger partial charge < -0.3 is 11.1 Å². The maximum atomic E-state index is 12.1. The minimum absolute atomic E-state index is 0. The van der Waals surface area contributed by atoms with E-state index in [2.05, 4.69) is 17.1 Å². The molecule has 6 heteroatoms. The van der Waals surface area contributed by atoms with Gasteiger partial charge in [-0.2, -0.15) is 0 Å². The van der Waals surface area contributed by atoms with Crippen molar-refractivity contribution in [2.45, 2.75) is 20.3 Å². The lowest BCUT2D eigenvalue weighted by Crippen LogP contribution is -2.35. The van der Waals surface area contributed by atoms with Crippen LogP contribution in [-0.2, 0) is 4.79 Å². The molecule has 0 bridgehead atoms. The van der Waals surface area contributed by atoms with Crippen LogP contribution in [0.25, 0.3) is 0 Å². The van der Waals surface area contributed by atoms with E-state index in [9.17, 15) is 4.79 Å². The summed E-state index contributed by atoms with van der Waals surface area (Å²) < 4.78 is 0. The van der Waals surface area contributed by atoms with Gasteiger partial charge in [0.25, 0.3) is 0 Å². The number of aryl methyl sites for hydroxylation is 1. The molecule has 1 atom stereocenters. The number of nitrogens with one attached hydrogen (secondary N) is 1. The molecule has 1 aliphatic heterocycles. The van der Waals surface area contributed by atoms with Crippen LogP contribution in [-0.4, -0.2) is 37.0 Å². The maximum Gasteiger partial charge on any atom is 0.238 e. The molecule has 1 aromatic carbocycles. The van der Waals surface area contributed by atoms with E-state index in [1.54, 1.807) is 6.07 Å². The number of carbonyl (C=O) groups is 1. The summed E-state index contributed by atoms with van der Waals surface area (Å²) in [4.78, 5) is 14.3. The SMILES string of the molecule is Cc1ccc(Cl)cc1NC(=O)CN1CCC(C)(CN)C1.Cl. The highest BCUT2D eigenvalue weighted by Gasteiger charge is 2.33. The Bertz CT molecular complexity index is 510. The second-order valence-corrected chi connectivity index (χ2v) is 6.42. The number of likely N-dealkylation sites (tertiary alicyclic amines) is 1. The highest BCUT2D eigenvalue weighted by molar-refractivity contribution is 6.31. The summed E-state index contributed by atoms with van der Waals surface area (Å²) in [6.07, 6.45) is 1.05. The Hall–Kier alpha value is -0.810. The molecule has 2 rings (SSSR count). The summed E-state index contributed by atoms with van der Waals surface area (Å²) in [5.74, 6) is -0.00311. The molecule has 0 saturated carbocycles. The monoisotopic (exact) mass is 331 g/mol. The van der Waals surface area contributed by atoms with E-state index in [1.807, 2.05) is 19.1 Å². The van der Waals surface area contributed by atoms with Gasteiger partial charge in [0.05, 0.1) is 6.54 Å². The van der Waals surface area contributed by atoms with Crippen LogP contribution in [0.5, 0.6) is 0 Å². The van der Waals surface area contributed by atoms with E-state index in [1.165, 1.54) is 0 Å². The number of halogens is 2. The first-order valence-corrected chi connectivity index (χ1v) is 7.28. The Labute approximate surface area is 137 Å². The van der Waals surface area contributed by atoms with Gasteiger partial charge in [-0.1, -0.05) is 24.6 Å². The van der Waals surface area contributed by atoms with E-state index in [0.29, 0.717) is 18.1 Å². The van der Waals surface area contributed by atoms with Crippen molar-refractivity contribution < 1.29 is 4.79 Å². The molecule has 1 fully saturated rings. The summed E-state index contributed by atoms with van der Waals surface area (Å²) in [6, 6.07) is 5.50. The third-order valence-corrected chi connectivity index (χ3v) is 4.21. The molecule has 118 valence electrons. The van der Waals surface area contributed by atoms with Gasteiger partial charge in [-0.05, 0) is 49.5 Å². The summed E-state index contributed by atoms with van der Waals surface area (Å²) in [5.41, 5.74) is 7.72. The van der Waals surface area contributed by atoms with Gasteiger partial charge in [-0.3, -0.25) is 9.69 Å².